The number of rotatable bonds is 20. The molecule has 0 bridgehead atoms. The fourth-order valence-corrected chi connectivity index (χ4v) is 14.7. The van der Waals surface area contributed by atoms with Crippen molar-refractivity contribution in [2.45, 2.75) is 154 Å². The average Bonchev–Trinajstić information content (AvgIpc) is 0.829. The van der Waals surface area contributed by atoms with Crippen molar-refractivity contribution >= 4 is 157 Å². The van der Waals surface area contributed by atoms with Crippen LogP contribution in [0.15, 0.2) is 140 Å². The maximum absolute atomic E-state index is 12.9. The number of halogens is 10. The van der Waals surface area contributed by atoms with Crippen LogP contribution >= 0.6 is 81.2 Å². The number of fused-ring (bicyclic) bond motifs is 5. The van der Waals surface area contributed by atoms with Gasteiger partial charge in [-0.05, 0) is 232 Å². The Kier molecular flexibility index (Phi) is 39.9. The summed E-state index contributed by atoms with van der Waals surface area (Å²) < 4.78 is 80.4. The van der Waals surface area contributed by atoms with Gasteiger partial charge in [-0.25, -0.2) is 24.0 Å². The number of amides is 3. The van der Waals surface area contributed by atoms with Crippen molar-refractivity contribution in [3.05, 3.63) is 175 Å². The number of anilines is 5. The van der Waals surface area contributed by atoms with Gasteiger partial charge < -0.3 is 105 Å². The molecule has 7 aromatic carbocycles. The van der Waals surface area contributed by atoms with Crippen LogP contribution in [-0.4, -0.2) is 209 Å². The maximum atomic E-state index is 12.9. The van der Waals surface area contributed by atoms with Crippen LogP contribution in [0.3, 0.4) is 0 Å². The Hall–Kier alpha value is -10.3. The molecule has 5 atom stereocenters. The first-order valence-electron chi connectivity index (χ1n) is 40.6. The molecule has 5 aliphatic heterocycles. The number of benzene rings is 7. The summed E-state index contributed by atoms with van der Waals surface area (Å²) in [5, 5.41) is 41.7. The molecule has 14 rings (SSSR count). The first-order valence-corrected chi connectivity index (χ1v) is 43.3. The molecule has 0 saturated heterocycles. The Morgan fingerprint density at radius 3 is 1.06 bits per heavy atom. The summed E-state index contributed by atoms with van der Waals surface area (Å²) in [6, 6.07) is 40.9. The van der Waals surface area contributed by atoms with Gasteiger partial charge in [0.15, 0.2) is 19.3 Å². The Labute approximate surface area is 768 Å². The van der Waals surface area contributed by atoms with Crippen molar-refractivity contribution in [2.75, 3.05) is 110 Å². The molecular weight excluding hydrogens is 1800 g/mol. The van der Waals surface area contributed by atoms with E-state index in [1.165, 1.54) is 0 Å². The van der Waals surface area contributed by atoms with E-state index in [-0.39, 0.29) is 66.7 Å². The SMILES string of the molecule is CCN1CC(C(=O)NC2CCC(NC(=O)COc3ccc(Cl)cc3)CC2)Oc2ccc(Cl)cc21.CCN1CC(C(=O)O)Oc2ccc(Cl)cc21.CCN1CC(C(=O)O)Oc2ccc(Cl)cc21.CCOC(=O)C1CN(CC)c2cc(Cl)ccc2O1.CCOC(=O)C1CNc2cc(Cl)ccc2O1.NC1CCC(NC(=O)COc2ccc(Cl)cc2)CC1.O=C(O)C(F)(F)F.[HH].[HH].[HH].[HH]. The predicted molar refractivity (Wildman–Crippen MR) is 485 cm³/mol. The summed E-state index contributed by atoms with van der Waals surface area (Å²) in [6.45, 7) is 17.3. The second-order valence-electron chi connectivity index (χ2n) is 28.9. The van der Waals surface area contributed by atoms with Gasteiger partial charge in [-0.2, -0.15) is 13.2 Å². The van der Waals surface area contributed by atoms with Gasteiger partial charge in [0.05, 0.1) is 74.4 Å². The third kappa shape index (κ3) is 31.6. The number of carbonyl (C=O) groups is 8. The van der Waals surface area contributed by atoms with Gasteiger partial charge in [-0.1, -0.05) is 81.2 Å². The van der Waals surface area contributed by atoms with Gasteiger partial charge in [-0.15, -0.1) is 0 Å². The Morgan fingerprint density at radius 2 is 0.714 bits per heavy atom. The number of nitrogens with zero attached hydrogens (tertiary/aromatic N) is 4. The standard InChI is InChI=1S/C25H29Cl2N3O4.C14H19ClN2O2.C13H16ClNO3.3C11H12ClNO3.C2HF3O2.4H2/c1-2-30-14-23(34-22-12-5-17(27)13-21(22)30)25(32)29-19-8-6-18(7-9-19)28-24(31)15-33-20-10-3-16(26)4-11-20;15-10-1-7-13(8-2-10)19-9-14(18)17-12-5-3-11(16)4-6-12;1-3-15-8-12(13(16)17-4-2)18-11-6-5-9(14)7-10(11)15;1-2-15-11(14)10-6-13-8-5-7(12)3-4-9(8)16-10;2*1-2-13-6-10(11(14)15)16-9-4-3-7(12)5-8(9)13;3-2(4,5)1(6)7;;;;/h3-5,10-13,18-19,23H,2,6-9,14-15H2,1H3,(H,28,31)(H,29,32);1-2,7-8,11-12H,3-6,9,16H2,(H,17,18);5-7,12H,3-4,8H2,1-2H3;3-5,10,13H,2,6H2,1H3;2*3-5,10H,2,6H2,1H3,(H,14,15);(H,6,7);4*1H. The molecular formula is C87H109Cl7F3N9O20. The smallest absolute Gasteiger partial charge is 0.484 e. The molecule has 7 aliphatic rings. The van der Waals surface area contributed by atoms with Crippen LogP contribution in [0.4, 0.5) is 41.6 Å². The molecule has 2 saturated carbocycles. The molecule has 5 heterocycles. The van der Waals surface area contributed by atoms with Crippen molar-refractivity contribution in [2.24, 2.45) is 5.73 Å². The molecule has 0 radical (unpaired) electrons. The molecule has 0 spiro atoms. The number of carboxylic acid groups (broad SMARTS) is 3. The normalized spacial score (nSPS) is 19.6. The third-order valence-electron chi connectivity index (χ3n) is 20.0. The number of likely N-dealkylation sites (N-methyl/N-ethyl adjacent to an activating group) is 4. The lowest BCUT2D eigenvalue weighted by atomic mass is 9.91. The number of esters is 2. The number of alkyl halides is 3. The minimum absolute atomic E-state index is 0. The van der Waals surface area contributed by atoms with Crippen LogP contribution in [0, 0.1) is 0 Å². The quantitative estimate of drug-likeness (QED) is 0.0329. The zero-order valence-corrected chi connectivity index (χ0v) is 75.0. The molecule has 126 heavy (non-hydrogen) atoms. The number of nitrogens with one attached hydrogen (secondary N) is 4. The minimum Gasteiger partial charge on any atom is -0.484 e. The lowest BCUT2D eigenvalue weighted by Crippen LogP contribution is -2.52. The molecule has 29 nitrogen and oxygen atoms in total. The monoisotopic (exact) mass is 1900 g/mol. The number of ether oxygens (including phenoxy) is 9. The first-order chi connectivity index (χ1) is 60.1. The van der Waals surface area contributed by atoms with E-state index in [4.69, 9.17) is 150 Å². The highest BCUT2D eigenvalue weighted by atomic mass is 35.5. The van der Waals surface area contributed by atoms with Crippen molar-refractivity contribution in [3.63, 3.8) is 0 Å². The second kappa shape index (κ2) is 49.7. The number of carboxylic acids is 3. The van der Waals surface area contributed by atoms with E-state index in [2.05, 4.69) is 31.1 Å². The fraction of sp³-hybridized carbons (Fsp3) is 0.425. The van der Waals surface area contributed by atoms with E-state index < -0.39 is 54.6 Å². The molecule has 3 amide bonds. The molecule has 692 valence electrons. The first kappa shape index (κ1) is 101. The Balaban J connectivity index is 0.000000328. The molecule has 7 aromatic rings. The van der Waals surface area contributed by atoms with Crippen molar-refractivity contribution in [3.8, 4) is 40.2 Å². The van der Waals surface area contributed by atoms with E-state index in [0.717, 1.165) is 106 Å². The van der Waals surface area contributed by atoms with Gasteiger partial charge in [0, 0.05) is 91.2 Å². The Morgan fingerprint density at radius 1 is 0.421 bits per heavy atom. The van der Waals surface area contributed by atoms with Gasteiger partial charge in [0.1, 0.15) is 40.2 Å². The van der Waals surface area contributed by atoms with Crippen LogP contribution in [0.5, 0.6) is 40.2 Å². The van der Waals surface area contributed by atoms with Crippen LogP contribution in [-0.2, 0) is 47.8 Å². The maximum Gasteiger partial charge on any atom is 0.490 e. The highest BCUT2D eigenvalue weighted by Gasteiger charge is 2.39. The van der Waals surface area contributed by atoms with Gasteiger partial charge in [0.2, 0.25) is 24.4 Å². The van der Waals surface area contributed by atoms with Crippen LogP contribution < -0.4 is 79.8 Å². The lowest BCUT2D eigenvalue weighted by Gasteiger charge is -2.36. The van der Waals surface area contributed by atoms with Crippen LogP contribution in [0.1, 0.15) is 98.6 Å². The summed E-state index contributed by atoms with van der Waals surface area (Å²) in [5.74, 6) is -1.32. The lowest BCUT2D eigenvalue weighted by molar-refractivity contribution is -0.192. The number of hydrogen-bond acceptors (Lipinski definition) is 23. The van der Waals surface area contributed by atoms with Gasteiger partial charge >= 0.3 is 36.0 Å². The summed E-state index contributed by atoms with van der Waals surface area (Å²) in [6.07, 6.45) is -1.40. The molecule has 39 heteroatoms. The van der Waals surface area contributed by atoms with E-state index in [1.807, 2.05) is 55.7 Å². The number of carbonyl (C=O) groups excluding carboxylic acids is 5. The molecule has 9 N–H and O–H groups in total. The van der Waals surface area contributed by atoms with E-state index >= 15 is 0 Å². The second-order valence-corrected chi connectivity index (χ2v) is 32.0. The highest BCUT2D eigenvalue weighted by Crippen LogP contribution is 2.41. The Bertz CT molecular complexity index is 4740. The van der Waals surface area contributed by atoms with Crippen molar-refractivity contribution < 1.29 is 115 Å². The zero-order valence-electron chi connectivity index (χ0n) is 69.8. The minimum atomic E-state index is -5.08. The molecule has 2 aliphatic carbocycles. The van der Waals surface area contributed by atoms with Gasteiger partial charge in [0.25, 0.3) is 17.7 Å². The fourth-order valence-electron chi connectivity index (χ4n) is 13.6. The van der Waals surface area contributed by atoms with Crippen LogP contribution in [0.25, 0.3) is 0 Å². The predicted octanol–water partition coefficient (Wildman–Crippen LogP) is 16.5. The van der Waals surface area contributed by atoms with Crippen molar-refractivity contribution in [1.29, 1.82) is 0 Å². The van der Waals surface area contributed by atoms with E-state index in [9.17, 15) is 46.7 Å². The number of hydrogen-bond donors (Lipinski definition) is 8. The van der Waals surface area contributed by atoms with E-state index in [1.54, 1.807) is 135 Å². The molecule has 0 aromatic heterocycles. The summed E-state index contributed by atoms with van der Waals surface area (Å²) in [5.41, 5.74) is 10.2. The summed E-state index contributed by atoms with van der Waals surface area (Å²) in [7, 11) is 0. The topological polar surface area (TPSA) is 367 Å². The average molecular weight is 1910 g/mol. The van der Waals surface area contributed by atoms with Gasteiger partial charge in [-0.3, -0.25) is 14.4 Å². The highest BCUT2D eigenvalue weighted by molar-refractivity contribution is 6.33. The molecule has 5 unspecified atom stereocenters. The summed E-state index contributed by atoms with van der Waals surface area (Å²) in [4.78, 5) is 98.9. The van der Waals surface area contributed by atoms with Crippen LogP contribution in [0.2, 0.25) is 35.2 Å². The van der Waals surface area contributed by atoms with Crippen molar-refractivity contribution in [1.82, 2.24) is 16.0 Å². The number of nitrogens with two attached hydrogens (primary N) is 1. The molecule has 2 fully saturated rings. The van der Waals surface area contributed by atoms with E-state index in [0.29, 0.717) is 127 Å². The number of aliphatic carboxylic acids is 3. The summed E-state index contributed by atoms with van der Waals surface area (Å²) >= 11 is 41.4. The largest absolute Gasteiger partial charge is 0.490 e. The zero-order chi connectivity index (χ0) is 91.9. The third-order valence-corrected chi connectivity index (χ3v) is 21.7.